The Morgan fingerprint density at radius 1 is 1.00 bits per heavy atom. The van der Waals surface area contributed by atoms with Gasteiger partial charge in [-0.05, 0) is 50.7 Å². The molecule has 4 rings (SSSR count). The molecule has 2 amide bonds. The number of hydrogen-bond acceptors (Lipinski definition) is 5. The SMILES string of the molecule is N#CC1(NC(=O)C2(S(=O)(=O)c3ccccc3C(F)(F)F)CCCN2C(=O)C2(C(F)(F)F)CC2)CC1. The molecule has 1 heterocycles. The lowest BCUT2D eigenvalue weighted by molar-refractivity contribution is -0.200. The summed E-state index contributed by atoms with van der Waals surface area (Å²) in [6, 6.07) is 4.74. The van der Waals surface area contributed by atoms with Gasteiger partial charge in [-0.1, -0.05) is 12.1 Å². The maximum absolute atomic E-state index is 13.9. The van der Waals surface area contributed by atoms with Crippen LogP contribution < -0.4 is 5.32 Å². The van der Waals surface area contributed by atoms with E-state index in [2.05, 4.69) is 5.32 Å². The fourth-order valence-corrected chi connectivity index (χ4v) is 6.79. The molecule has 0 aromatic heterocycles. The van der Waals surface area contributed by atoms with Gasteiger partial charge in [0.25, 0.3) is 5.91 Å². The highest BCUT2D eigenvalue weighted by Crippen LogP contribution is 2.60. The van der Waals surface area contributed by atoms with Gasteiger partial charge in [0, 0.05) is 6.54 Å². The number of alkyl halides is 6. The number of likely N-dealkylation sites (tertiary alicyclic amines) is 1. The van der Waals surface area contributed by atoms with Gasteiger partial charge in [0.05, 0.1) is 16.5 Å². The van der Waals surface area contributed by atoms with Crippen LogP contribution in [0.15, 0.2) is 29.2 Å². The summed E-state index contributed by atoms with van der Waals surface area (Å²) < 4.78 is 110. The van der Waals surface area contributed by atoms with Crippen molar-refractivity contribution < 1.29 is 44.3 Å². The molecule has 3 fully saturated rings. The third kappa shape index (κ3) is 3.66. The number of nitrogens with one attached hydrogen (secondary N) is 1. The van der Waals surface area contributed by atoms with Crippen LogP contribution in [0.25, 0.3) is 0 Å². The van der Waals surface area contributed by atoms with Crippen molar-refractivity contribution in [1.82, 2.24) is 10.2 Å². The molecule has 2 saturated carbocycles. The predicted molar refractivity (Wildman–Crippen MR) is 106 cm³/mol. The summed E-state index contributed by atoms with van der Waals surface area (Å²) in [6.07, 6.45) is -12.2. The van der Waals surface area contributed by atoms with Crippen LogP contribution in [0.3, 0.4) is 0 Å². The molecule has 190 valence electrons. The lowest BCUT2D eigenvalue weighted by Gasteiger charge is -2.39. The summed E-state index contributed by atoms with van der Waals surface area (Å²) in [7, 11) is -5.44. The zero-order chi connectivity index (χ0) is 26.1. The van der Waals surface area contributed by atoms with E-state index in [4.69, 9.17) is 0 Å². The molecule has 3 aliphatic rings. The highest BCUT2D eigenvalue weighted by Gasteiger charge is 2.73. The number of amides is 2. The van der Waals surface area contributed by atoms with Crippen LogP contribution in [0.1, 0.15) is 44.1 Å². The first-order valence-electron chi connectivity index (χ1n) is 10.6. The van der Waals surface area contributed by atoms with Gasteiger partial charge in [-0.25, -0.2) is 8.42 Å². The molecule has 35 heavy (non-hydrogen) atoms. The summed E-state index contributed by atoms with van der Waals surface area (Å²) >= 11 is 0. The number of rotatable bonds is 5. The molecule has 14 heteroatoms. The second-order valence-electron chi connectivity index (χ2n) is 9.07. The Morgan fingerprint density at radius 2 is 1.60 bits per heavy atom. The average molecular weight is 523 g/mol. The van der Waals surface area contributed by atoms with E-state index in [1.165, 1.54) is 0 Å². The van der Waals surface area contributed by atoms with E-state index in [0.29, 0.717) is 12.1 Å². The Bertz CT molecular complexity index is 1230. The van der Waals surface area contributed by atoms with Crippen molar-refractivity contribution in [2.24, 2.45) is 5.41 Å². The number of carbonyl (C=O) groups is 2. The van der Waals surface area contributed by atoms with Crippen molar-refractivity contribution in [3.05, 3.63) is 29.8 Å². The van der Waals surface area contributed by atoms with Gasteiger partial charge in [-0.2, -0.15) is 31.6 Å². The molecule has 7 nitrogen and oxygen atoms in total. The van der Waals surface area contributed by atoms with Crippen molar-refractivity contribution in [3.8, 4) is 6.07 Å². The molecule has 1 aliphatic heterocycles. The van der Waals surface area contributed by atoms with Gasteiger partial charge in [0.15, 0.2) is 0 Å². The quantitative estimate of drug-likeness (QED) is 0.596. The molecule has 0 bridgehead atoms. The second-order valence-corrected chi connectivity index (χ2v) is 11.2. The Hall–Kier alpha value is -2.82. The van der Waals surface area contributed by atoms with E-state index in [0.717, 1.165) is 12.1 Å². The normalized spacial score (nSPS) is 25.0. The molecule has 1 saturated heterocycles. The maximum atomic E-state index is 13.9. The third-order valence-corrected chi connectivity index (χ3v) is 9.31. The number of benzene rings is 1. The van der Waals surface area contributed by atoms with Gasteiger partial charge in [-0.15, -0.1) is 0 Å². The van der Waals surface area contributed by atoms with Crippen LogP contribution in [0, 0.1) is 16.7 Å². The van der Waals surface area contributed by atoms with Crippen LogP contribution in [-0.4, -0.2) is 48.3 Å². The number of sulfone groups is 1. The number of nitrogens with zero attached hydrogens (tertiary/aromatic N) is 2. The second kappa shape index (κ2) is 7.59. The van der Waals surface area contributed by atoms with Crippen LogP contribution in [0.2, 0.25) is 0 Å². The Kier molecular flexibility index (Phi) is 5.48. The molecule has 1 N–H and O–H groups in total. The van der Waals surface area contributed by atoms with Gasteiger partial charge >= 0.3 is 12.4 Å². The number of halogens is 6. The zero-order valence-electron chi connectivity index (χ0n) is 18.0. The summed E-state index contributed by atoms with van der Waals surface area (Å²) in [5, 5.41) is 11.5. The zero-order valence-corrected chi connectivity index (χ0v) is 18.8. The minimum atomic E-state index is -5.44. The fraction of sp³-hybridized carbons (Fsp3) is 0.571. The van der Waals surface area contributed by atoms with Crippen LogP contribution in [0.4, 0.5) is 26.3 Å². The molecule has 1 atom stereocenters. The fourth-order valence-electron chi connectivity index (χ4n) is 4.52. The lowest BCUT2D eigenvalue weighted by atomic mass is 10.0. The van der Waals surface area contributed by atoms with E-state index in [1.807, 2.05) is 0 Å². The van der Waals surface area contributed by atoms with Crippen molar-refractivity contribution in [2.45, 2.75) is 66.2 Å². The number of nitriles is 1. The summed E-state index contributed by atoms with van der Waals surface area (Å²) in [5.74, 6) is -3.16. The van der Waals surface area contributed by atoms with Crippen molar-refractivity contribution in [2.75, 3.05) is 6.54 Å². The molecule has 1 aromatic carbocycles. The highest BCUT2D eigenvalue weighted by atomic mass is 32.2. The van der Waals surface area contributed by atoms with E-state index >= 15 is 0 Å². The van der Waals surface area contributed by atoms with Crippen molar-refractivity contribution in [1.29, 1.82) is 5.26 Å². The van der Waals surface area contributed by atoms with Gasteiger partial charge in [0.1, 0.15) is 11.0 Å². The summed E-state index contributed by atoms with van der Waals surface area (Å²) in [6.45, 7) is -0.586. The first-order chi connectivity index (χ1) is 16.1. The van der Waals surface area contributed by atoms with Crippen LogP contribution in [-0.2, 0) is 25.6 Å². The van der Waals surface area contributed by atoms with Gasteiger partial charge < -0.3 is 10.2 Å². The molecular weight excluding hydrogens is 504 g/mol. The molecular formula is C21H19F6N3O4S. The number of carbonyl (C=O) groups excluding carboxylic acids is 2. The van der Waals surface area contributed by atoms with E-state index in [9.17, 15) is 49.6 Å². The first kappa shape index (κ1) is 25.3. The van der Waals surface area contributed by atoms with E-state index in [1.54, 1.807) is 6.07 Å². The van der Waals surface area contributed by atoms with Gasteiger partial charge in [0.2, 0.25) is 20.6 Å². The predicted octanol–water partition coefficient (Wildman–Crippen LogP) is 3.31. The molecule has 1 aromatic rings. The summed E-state index contributed by atoms with van der Waals surface area (Å²) in [4.78, 5) is 22.5. The van der Waals surface area contributed by atoms with Crippen molar-refractivity contribution in [3.63, 3.8) is 0 Å². The minimum absolute atomic E-state index is 0.116. The molecule has 2 aliphatic carbocycles. The first-order valence-corrected chi connectivity index (χ1v) is 12.1. The van der Waals surface area contributed by atoms with Crippen molar-refractivity contribution >= 4 is 21.7 Å². The molecule has 1 unspecified atom stereocenters. The smallest absolute Gasteiger partial charge is 0.335 e. The Labute approximate surface area is 196 Å². The average Bonchev–Trinajstić information content (AvgIpc) is 3.69. The standard InChI is InChI=1S/C21H19F6N3O4S/c22-20(23,24)13-4-1-2-5-14(13)35(33,34)19(15(31)29-17(12-28)7-8-17)6-3-11-30(19)16(32)18(9-10-18)21(25,26)27/h1-2,4-5H,3,6-11H2,(H,29,31). The largest absolute Gasteiger partial charge is 0.417 e. The Balaban J connectivity index is 1.91. The maximum Gasteiger partial charge on any atom is 0.417 e. The molecule has 0 radical (unpaired) electrons. The van der Waals surface area contributed by atoms with Gasteiger partial charge in [-0.3, -0.25) is 9.59 Å². The van der Waals surface area contributed by atoms with Crippen LogP contribution >= 0.6 is 0 Å². The van der Waals surface area contributed by atoms with Crippen LogP contribution in [0.5, 0.6) is 0 Å². The van der Waals surface area contributed by atoms with E-state index in [-0.39, 0.29) is 24.2 Å². The third-order valence-electron chi connectivity index (χ3n) is 6.88. The lowest BCUT2D eigenvalue weighted by Crippen LogP contribution is -2.65. The summed E-state index contributed by atoms with van der Waals surface area (Å²) in [5.41, 5.74) is -6.03. The highest BCUT2D eigenvalue weighted by molar-refractivity contribution is 7.93. The molecule has 0 spiro atoms. The van der Waals surface area contributed by atoms with E-state index < -0.39 is 86.1 Å². The topological polar surface area (TPSA) is 107 Å². The Morgan fingerprint density at radius 3 is 2.09 bits per heavy atom. The monoisotopic (exact) mass is 523 g/mol. The number of hydrogen-bond donors (Lipinski definition) is 1. The minimum Gasteiger partial charge on any atom is -0.335 e.